The van der Waals surface area contributed by atoms with Crippen LogP contribution in [-0.4, -0.2) is 55.5 Å². The van der Waals surface area contributed by atoms with Crippen molar-refractivity contribution in [2.45, 2.75) is 70.8 Å². The topological polar surface area (TPSA) is 57.7 Å². The van der Waals surface area contributed by atoms with E-state index in [-0.39, 0.29) is 17.6 Å². The van der Waals surface area contributed by atoms with Gasteiger partial charge in [0.05, 0.1) is 5.75 Å². The first-order valence-electron chi connectivity index (χ1n) is 11.1. The van der Waals surface area contributed by atoms with E-state index in [2.05, 4.69) is 4.90 Å². The third kappa shape index (κ3) is 3.81. The maximum absolute atomic E-state index is 13.2. The Hall–Kier alpha value is -0.620. The van der Waals surface area contributed by atoms with Crippen LogP contribution >= 0.6 is 0 Å². The lowest BCUT2D eigenvalue weighted by atomic mass is 9.54. The van der Waals surface area contributed by atoms with E-state index in [1.807, 2.05) is 14.0 Å². The maximum Gasteiger partial charge on any atom is 0.225 e. The number of nitrogens with zero attached hydrogens (tertiary/aromatic N) is 2. The normalized spacial score (nSPS) is 36.9. The molecule has 1 heterocycles. The zero-order valence-corrected chi connectivity index (χ0v) is 17.8. The summed E-state index contributed by atoms with van der Waals surface area (Å²) in [4.78, 5) is 15.3. The predicted molar refractivity (Wildman–Crippen MR) is 107 cm³/mol. The molecular weight excluding hydrogens is 360 g/mol. The predicted octanol–water partition coefficient (Wildman–Crippen LogP) is 3.11. The van der Waals surface area contributed by atoms with Crippen LogP contribution in [0.15, 0.2) is 0 Å². The smallest absolute Gasteiger partial charge is 0.225 e. The molecule has 0 N–H and O–H groups in total. The van der Waals surface area contributed by atoms with Gasteiger partial charge in [0.1, 0.15) is 0 Å². The quantitative estimate of drug-likeness (QED) is 0.693. The Labute approximate surface area is 164 Å². The van der Waals surface area contributed by atoms with Gasteiger partial charge in [-0.25, -0.2) is 12.7 Å². The second kappa shape index (κ2) is 7.66. The molecule has 27 heavy (non-hydrogen) atoms. The number of hydrogen-bond acceptors (Lipinski definition) is 3. The van der Waals surface area contributed by atoms with Gasteiger partial charge in [0, 0.05) is 32.1 Å². The third-order valence-corrected chi connectivity index (χ3v) is 9.88. The third-order valence-electron chi connectivity index (χ3n) is 7.92. The monoisotopic (exact) mass is 396 g/mol. The van der Waals surface area contributed by atoms with Crippen LogP contribution in [0.1, 0.15) is 64.7 Å². The lowest BCUT2D eigenvalue weighted by Gasteiger charge is -2.57. The number of rotatable bonds is 6. The van der Waals surface area contributed by atoms with Crippen molar-refractivity contribution in [1.82, 2.24) is 9.21 Å². The van der Waals surface area contributed by atoms with Crippen LogP contribution in [0, 0.1) is 29.6 Å². The Morgan fingerprint density at radius 3 is 2.07 bits per heavy atom. The fourth-order valence-electron chi connectivity index (χ4n) is 6.80. The molecule has 0 spiro atoms. The highest BCUT2D eigenvalue weighted by Gasteiger charge is 2.50. The molecule has 4 aliphatic carbocycles. The van der Waals surface area contributed by atoms with Crippen LogP contribution in [0.5, 0.6) is 0 Å². The first-order valence-corrected chi connectivity index (χ1v) is 12.7. The highest BCUT2D eigenvalue weighted by molar-refractivity contribution is 7.89. The van der Waals surface area contributed by atoms with Gasteiger partial charge in [0.15, 0.2) is 0 Å². The fraction of sp³-hybridized carbons (Fsp3) is 0.952. The van der Waals surface area contributed by atoms with Gasteiger partial charge < -0.3 is 4.90 Å². The van der Waals surface area contributed by atoms with Gasteiger partial charge in [-0.05, 0) is 75.0 Å². The standard InChI is InChI=1S/C21H36N2O3S/c1-3-4-9-27(25,26)23-7-5-17(6-8-23)21(24)22(2)20-18-11-15-10-16(13-18)14-19(20)12-15/h15-20H,3-14H2,1-2H3. The molecule has 0 radical (unpaired) electrons. The SMILES string of the molecule is CCCCS(=O)(=O)N1CCC(C(=O)N(C)C2C3CC4CC(C3)CC2C4)CC1. The van der Waals surface area contributed by atoms with Gasteiger partial charge in [0.2, 0.25) is 15.9 Å². The van der Waals surface area contributed by atoms with Crippen LogP contribution in [-0.2, 0) is 14.8 Å². The molecule has 5 fully saturated rings. The molecule has 5 aliphatic rings. The van der Waals surface area contributed by atoms with E-state index in [0.717, 1.165) is 24.7 Å². The van der Waals surface area contributed by atoms with Crippen molar-refractivity contribution in [3.8, 4) is 0 Å². The summed E-state index contributed by atoms with van der Waals surface area (Å²) in [5, 5.41) is 0. The van der Waals surface area contributed by atoms with Gasteiger partial charge in [-0.2, -0.15) is 0 Å². The molecule has 4 saturated carbocycles. The molecule has 5 rings (SSSR count). The molecule has 0 atom stereocenters. The van der Waals surface area contributed by atoms with Crippen molar-refractivity contribution in [3.63, 3.8) is 0 Å². The number of piperidine rings is 1. The summed E-state index contributed by atoms with van der Waals surface area (Å²) >= 11 is 0. The van der Waals surface area contributed by atoms with Gasteiger partial charge in [-0.1, -0.05) is 13.3 Å². The molecule has 1 aliphatic heterocycles. The van der Waals surface area contributed by atoms with Gasteiger partial charge >= 0.3 is 0 Å². The summed E-state index contributed by atoms with van der Waals surface area (Å²) in [7, 11) is -1.11. The van der Waals surface area contributed by atoms with E-state index >= 15 is 0 Å². The molecule has 1 saturated heterocycles. The van der Waals surface area contributed by atoms with Crippen LogP contribution in [0.25, 0.3) is 0 Å². The molecule has 6 heteroatoms. The lowest BCUT2D eigenvalue weighted by Crippen LogP contribution is -2.57. The number of hydrogen-bond donors (Lipinski definition) is 0. The number of unbranched alkanes of at least 4 members (excludes halogenated alkanes) is 1. The van der Waals surface area contributed by atoms with Crippen molar-refractivity contribution in [3.05, 3.63) is 0 Å². The first-order chi connectivity index (χ1) is 12.9. The van der Waals surface area contributed by atoms with E-state index in [9.17, 15) is 13.2 Å². The molecule has 5 nitrogen and oxygen atoms in total. The number of amides is 1. The molecule has 0 aromatic heterocycles. The number of carbonyl (C=O) groups excluding carboxylic acids is 1. The van der Waals surface area contributed by atoms with Crippen molar-refractivity contribution in [2.75, 3.05) is 25.9 Å². The zero-order chi connectivity index (χ0) is 19.2. The average Bonchev–Trinajstić information content (AvgIpc) is 2.65. The maximum atomic E-state index is 13.2. The van der Waals surface area contributed by atoms with Crippen LogP contribution < -0.4 is 0 Å². The zero-order valence-electron chi connectivity index (χ0n) is 17.0. The van der Waals surface area contributed by atoms with Crippen molar-refractivity contribution in [2.24, 2.45) is 29.6 Å². The van der Waals surface area contributed by atoms with E-state index in [4.69, 9.17) is 0 Å². The van der Waals surface area contributed by atoms with Crippen LogP contribution in [0.4, 0.5) is 0 Å². The highest BCUT2D eigenvalue weighted by atomic mass is 32.2. The van der Waals surface area contributed by atoms with Gasteiger partial charge in [-0.3, -0.25) is 4.79 Å². The Balaban J connectivity index is 1.34. The summed E-state index contributed by atoms with van der Waals surface area (Å²) in [6.45, 7) is 3.04. The largest absolute Gasteiger partial charge is 0.342 e. The first kappa shape index (κ1) is 19.7. The second-order valence-corrected chi connectivity index (χ2v) is 11.8. The van der Waals surface area contributed by atoms with Crippen molar-refractivity contribution < 1.29 is 13.2 Å². The number of sulfonamides is 1. The van der Waals surface area contributed by atoms with Crippen molar-refractivity contribution >= 4 is 15.9 Å². The van der Waals surface area contributed by atoms with Gasteiger partial charge in [0.25, 0.3) is 0 Å². The molecular formula is C21H36N2O3S. The molecule has 154 valence electrons. The Kier molecular flexibility index (Phi) is 5.58. The summed E-state index contributed by atoms with van der Waals surface area (Å²) in [5.41, 5.74) is 0. The van der Waals surface area contributed by atoms with Crippen LogP contribution in [0.2, 0.25) is 0 Å². The number of carbonyl (C=O) groups is 1. The van der Waals surface area contributed by atoms with E-state index in [1.54, 1.807) is 4.31 Å². The minimum Gasteiger partial charge on any atom is -0.342 e. The van der Waals surface area contributed by atoms with Crippen molar-refractivity contribution in [1.29, 1.82) is 0 Å². The molecule has 1 amide bonds. The average molecular weight is 397 g/mol. The molecule has 0 aromatic rings. The summed E-state index contributed by atoms with van der Waals surface area (Å²) in [6.07, 6.45) is 9.70. The summed E-state index contributed by atoms with van der Waals surface area (Å²) < 4.78 is 26.4. The summed E-state index contributed by atoms with van der Waals surface area (Å²) in [6, 6.07) is 0.441. The fourth-order valence-corrected chi connectivity index (χ4v) is 8.48. The molecule has 4 bridgehead atoms. The summed E-state index contributed by atoms with van der Waals surface area (Å²) in [5.74, 6) is 3.79. The Morgan fingerprint density at radius 1 is 1.00 bits per heavy atom. The van der Waals surface area contributed by atoms with E-state index in [1.165, 1.54) is 32.1 Å². The minimum atomic E-state index is -3.14. The lowest BCUT2D eigenvalue weighted by molar-refractivity contribution is -0.146. The Morgan fingerprint density at radius 2 is 1.56 bits per heavy atom. The highest BCUT2D eigenvalue weighted by Crippen LogP contribution is 2.55. The molecule has 0 aromatic carbocycles. The van der Waals surface area contributed by atoms with Gasteiger partial charge in [-0.15, -0.1) is 0 Å². The Bertz CT molecular complexity index is 626. The van der Waals surface area contributed by atoms with E-state index in [0.29, 0.717) is 43.8 Å². The van der Waals surface area contributed by atoms with Crippen LogP contribution in [0.3, 0.4) is 0 Å². The molecule has 0 unspecified atom stereocenters. The minimum absolute atomic E-state index is 0.00446. The second-order valence-electron chi connectivity index (χ2n) is 9.71. The van der Waals surface area contributed by atoms with E-state index < -0.39 is 10.0 Å².